The Kier molecular flexibility index (Phi) is 4.53. The molecule has 2 heterocycles. The molecular formula is C19H24N4O2. The first-order chi connectivity index (χ1) is 12.2. The fourth-order valence-corrected chi connectivity index (χ4v) is 3.51. The Hall–Kier alpha value is -2.21. The fraction of sp³-hybridized carbons (Fsp3) is 0.526. The molecule has 1 aliphatic carbocycles. The lowest BCUT2D eigenvalue weighted by Crippen LogP contribution is -2.43. The summed E-state index contributed by atoms with van der Waals surface area (Å²) in [6.07, 6.45) is 4.39. The number of rotatable bonds is 5. The molecule has 1 aliphatic heterocycles. The number of aromatic nitrogens is 2. The summed E-state index contributed by atoms with van der Waals surface area (Å²) < 4.78 is 0. The number of H-pyrrole nitrogens is 1. The Balaban J connectivity index is 1.42. The number of piperidine rings is 1. The van der Waals surface area contributed by atoms with E-state index in [1.54, 1.807) is 0 Å². The third-order valence-electron chi connectivity index (χ3n) is 5.18. The van der Waals surface area contributed by atoms with Gasteiger partial charge in [-0.1, -0.05) is 12.1 Å². The van der Waals surface area contributed by atoms with E-state index in [-0.39, 0.29) is 17.4 Å². The van der Waals surface area contributed by atoms with Crippen molar-refractivity contribution < 1.29 is 4.79 Å². The number of carbonyl (C=O) groups is 1. The van der Waals surface area contributed by atoms with Gasteiger partial charge in [-0.2, -0.15) is 0 Å². The van der Waals surface area contributed by atoms with Crippen LogP contribution in [0.1, 0.15) is 31.4 Å². The van der Waals surface area contributed by atoms with Crippen molar-refractivity contribution in [3.05, 3.63) is 40.3 Å². The van der Waals surface area contributed by atoms with Crippen molar-refractivity contribution in [2.24, 2.45) is 11.8 Å². The van der Waals surface area contributed by atoms with Crippen LogP contribution in [0, 0.1) is 11.8 Å². The van der Waals surface area contributed by atoms with E-state index in [9.17, 15) is 9.59 Å². The summed E-state index contributed by atoms with van der Waals surface area (Å²) in [6, 6.07) is 7.56. The van der Waals surface area contributed by atoms with Crippen molar-refractivity contribution >= 4 is 16.9 Å². The summed E-state index contributed by atoms with van der Waals surface area (Å²) in [5.74, 6) is 0.882. The number of amides is 1. The van der Waals surface area contributed by atoms with Gasteiger partial charge in [0.05, 0.1) is 17.0 Å². The average molecular weight is 340 g/mol. The molecule has 2 fully saturated rings. The van der Waals surface area contributed by atoms with E-state index in [1.165, 1.54) is 12.8 Å². The normalized spacial score (nSPS) is 21.4. The summed E-state index contributed by atoms with van der Waals surface area (Å²) in [7, 11) is 0. The molecule has 132 valence electrons. The Morgan fingerprint density at radius 1 is 1.28 bits per heavy atom. The summed E-state index contributed by atoms with van der Waals surface area (Å²) in [5, 5.41) is 3.09. The van der Waals surface area contributed by atoms with E-state index in [0.29, 0.717) is 24.7 Å². The number of para-hydroxylation sites is 2. The maximum atomic E-state index is 12.3. The molecule has 25 heavy (non-hydrogen) atoms. The maximum Gasteiger partial charge on any atom is 0.271 e. The van der Waals surface area contributed by atoms with Crippen LogP contribution in [0.25, 0.3) is 11.0 Å². The number of hydrogen-bond donors (Lipinski definition) is 2. The molecule has 2 aliphatic rings. The van der Waals surface area contributed by atoms with Gasteiger partial charge in [-0.3, -0.25) is 14.5 Å². The molecule has 1 amide bonds. The number of carbonyl (C=O) groups excluding carboxylic acids is 1. The van der Waals surface area contributed by atoms with Crippen LogP contribution in [0.4, 0.5) is 0 Å². The second-order valence-corrected chi connectivity index (χ2v) is 7.29. The molecule has 6 heteroatoms. The minimum atomic E-state index is -0.140. The fourth-order valence-electron chi connectivity index (χ4n) is 3.51. The smallest absolute Gasteiger partial charge is 0.271 e. The van der Waals surface area contributed by atoms with Crippen LogP contribution < -0.4 is 10.9 Å². The second kappa shape index (κ2) is 6.96. The number of hydrogen-bond acceptors (Lipinski definition) is 4. The average Bonchev–Trinajstić information content (AvgIpc) is 3.45. The zero-order valence-corrected chi connectivity index (χ0v) is 14.3. The molecule has 1 aromatic carbocycles. The van der Waals surface area contributed by atoms with Crippen molar-refractivity contribution in [1.82, 2.24) is 20.2 Å². The highest BCUT2D eigenvalue weighted by atomic mass is 16.2. The third kappa shape index (κ3) is 3.90. The minimum absolute atomic E-state index is 0.0204. The van der Waals surface area contributed by atoms with Gasteiger partial charge in [-0.05, 0) is 50.3 Å². The molecule has 0 bridgehead atoms. The molecule has 0 spiro atoms. The number of aromatic amines is 1. The first-order valence-electron chi connectivity index (χ1n) is 9.17. The van der Waals surface area contributed by atoms with Gasteiger partial charge in [0.15, 0.2) is 0 Å². The maximum absolute atomic E-state index is 12.3. The van der Waals surface area contributed by atoms with Gasteiger partial charge < -0.3 is 10.3 Å². The van der Waals surface area contributed by atoms with Crippen molar-refractivity contribution in [3.63, 3.8) is 0 Å². The summed E-state index contributed by atoms with van der Waals surface area (Å²) in [6.45, 7) is 2.92. The second-order valence-electron chi connectivity index (χ2n) is 7.29. The zero-order valence-electron chi connectivity index (χ0n) is 14.3. The lowest BCUT2D eigenvalue weighted by Gasteiger charge is -2.31. The Morgan fingerprint density at radius 2 is 2.12 bits per heavy atom. The molecule has 1 aromatic heterocycles. The molecule has 2 N–H and O–H groups in total. The lowest BCUT2D eigenvalue weighted by atomic mass is 9.97. The molecule has 4 rings (SSSR count). The summed E-state index contributed by atoms with van der Waals surface area (Å²) in [4.78, 5) is 34.2. The first-order valence-corrected chi connectivity index (χ1v) is 9.17. The van der Waals surface area contributed by atoms with E-state index in [1.807, 2.05) is 24.3 Å². The van der Waals surface area contributed by atoms with Crippen LogP contribution in [0.2, 0.25) is 0 Å². The predicted octanol–water partition coefficient (Wildman–Crippen LogP) is 1.66. The molecule has 6 nitrogen and oxygen atoms in total. The number of nitrogens with one attached hydrogen (secondary N) is 2. The molecule has 1 saturated carbocycles. The van der Waals surface area contributed by atoms with Crippen LogP contribution in [-0.2, 0) is 11.3 Å². The number of nitrogens with zero attached hydrogens (tertiary/aromatic N) is 2. The first kappa shape index (κ1) is 16.3. The van der Waals surface area contributed by atoms with Gasteiger partial charge in [0.2, 0.25) is 5.91 Å². The van der Waals surface area contributed by atoms with Crippen molar-refractivity contribution in [2.75, 3.05) is 19.6 Å². The largest absolute Gasteiger partial charge is 0.356 e. The number of likely N-dealkylation sites (tertiary alicyclic amines) is 1. The van der Waals surface area contributed by atoms with Gasteiger partial charge in [-0.25, -0.2) is 4.98 Å². The highest BCUT2D eigenvalue weighted by Gasteiger charge is 2.28. The predicted molar refractivity (Wildman–Crippen MR) is 96.1 cm³/mol. The standard InChI is InChI=1S/C19H24N4O2/c24-18(20-10-13-7-8-13)14-4-3-9-23(11-14)12-17-19(25)22-16-6-2-1-5-15(16)21-17/h1-2,5-6,13-14H,3-4,7-12H2,(H,20,24)(H,22,25)/t14-/m0/s1. The van der Waals surface area contributed by atoms with Gasteiger partial charge in [0, 0.05) is 19.6 Å². The highest BCUT2D eigenvalue weighted by molar-refractivity contribution is 5.79. The Labute approximate surface area is 146 Å². The van der Waals surface area contributed by atoms with E-state index < -0.39 is 0 Å². The third-order valence-corrected chi connectivity index (χ3v) is 5.18. The summed E-state index contributed by atoms with van der Waals surface area (Å²) >= 11 is 0. The van der Waals surface area contributed by atoms with Crippen LogP contribution in [0.3, 0.4) is 0 Å². The molecule has 2 aromatic rings. The van der Waals surface area contributed by atoms with Crippen LogP contribution in [0.5, 0.6) is 0 Å². The summed E-state index contributed by atoms with van der Waals surface area (Å²) in [5.41, 5.74) is 1.94. The molecule has 1 saturated heterocycles. The molecular weight excluding hydrogens is 316 g/mol. The van der Waals surface area contributed by atoms with Gasteiger partial charge in [0.25, 0.3) is 5.56 Å². The number of benzene rings is 1. The van der Waals surface area contributed by atoms with Crippen molar-refractivity contribution in [2.45, 2.75) is 32.2 Å². The molecule has 0 unspecified atom stereocenters. The SMILES string of the molecule is O=C(NCC1CC1)[C@H]1CCCN(Cc2nc3ccccc3[nH]c2=O)C1. The van der Waals surface area contributed by atoms with Gasteiger partial charge in [0.1, 0.15) is 5.69 Å². The highest BCUT2D eigenvalue weighted by Crippen LogP contribution is 2.28. The van der Waals surface area contributed by atoms with Gasteiger partial charge >= 0.3 is 0 Å². The lowest BCUT2D eigenvalue weighted by molar-refractivity contribution is -0.126. The molecule has 0 radical (unpaired) electrons. The number of fused-ring (bicyclic) bond motifs is 1. The Morgan fingerprint density at radius 3 is 2.96 bits per heavy atom. The van der Waals surface area contributed by atoms with Crippen LogP contribution >= 0.6 is 0 Å². The quantitative estimate of drug-likeness (QED) is 0.868. The minimum Gasteiger partial charge on any atom is -0.356 e. The van der Waals surface area contributed by atoms with Crippen LogP contribution in [-0.4, -0.2) is 40.4 Å². The van der Waals surface area contributed by atoms with E-state index in [2.05, 4.69) is 20.2 Å². The molecule has 1 atom stereocenters. The van der Waals surface area contributed by atoms with Crippen molar-refractivity contribution in [1.29, 1.82) is 0 Å². The Bertz CT molecular complexity index is 828. The van der Waals surface area contributed by atoms with Crippen LogP contribution in [0.15, 0.2) is 29.1 Å². The van der Waals surface area contributed by atoms with Crippen molar-refractivity contribution in [3.8, 4) is 0 Å². The topological polar surface area (TPSA) is 78.1 Å². The van der Waals surface area contributed by atoms with E-state index in [4.69, 9.17) is 0 Å². The van der Waals surface area contributed by atoms with Gasteiger partial charge in [-0.15, -0.1) is 0 Å². The van der Waals surface area contributed by atoms with E-state index in [0.717, 1.165) is 37.0 Å². The monoisotopic (exact) mass is 340 g/mol. The zero-order chi connectivity index (χ0) is 17.2. The van der Waals surface area contributed by atoms with E-state index >= 15 is 0 Å².